The summed E-state index contributed by atoms with van der Waals surface area (Å²) >= 11 is 0. The largest absolute Gasteiger partial charge is 0.482 e. The van der Waals surface area contributed by atoms with Gasteiger partial charge in [-0.2, -0.15) is 0 Å². The number of aliphatic hydroxyl groups is 1. The van der Waals surface area contributed by atoms with E-state index in [4.69, 9.17) is 19.2 Å². The van der Waals surface area contributed by atoms with Crippen molar-refractivity contribution in [3.63, 3.8) is 0 Å². The second kappa shape index (κ2) is 18.2. The number of ether oxygens (including phenoxy) is 1. The lowest BCUT2D eigenvalue weighted by molar-refractivity contribution is -0.139. The van der Waals surface area contributed by atoms with Gasteiger partial charge >= 0.3 is 5.97 Å². The van der Waals surface area contributed by atoms with Crippen LogP contribution in [0.25, 0.3) is 22.6 Å². The number of hydrogen-bond donors (Lipinski definition) is 2. The smallest absolute Gasteiger partial charge is 0.341 e. The van der Waals surface area contributed by atoms with Gasteiger partial charge in [0.15, 0.2) is 12.4 Å². The minimum atomic E-state index is -0.990. The van der Waals surface area contributed by atoms with Crippen LogP contribution in [0.2, 0.25) is 0 Å². The van der Waals surface area contributed by atoms with Gasteiger partial charge in [0.2, 0.25) is 5.89 Å². The second-order valence-electron chi connectivity index (χ2n) is 15.3. The van der Waals surface area contributed by atoms with Crippen LogP contribution in [0, 0.1) is 11.8 Å². The molecule has 7 heteroatoms. The van der Waals surface area contributed by atoms with E-state index < -0.39 is 12.1 Å². The zero-order valence-electron chi connectivity index (χ0n) is 29.8. The molecular formula is C43H57NO6. The Morgan fingerprint density at radius 3 is 1.94 bits per heavy atom. The summed E-state index contributed by atoms with van der Waals surface area (Å²) in [7, 11) is 0. The molecule has 0 spiro atoms. The van der Waals surface area contributed by atoms with Crippen molar-refractivity contribution in [3.05, 3.63) is 60.0 Å². The standard InChI is InChI=1S/C29H33NO4.C14H24O2/c31-26(32)19-33-23-15-9-14-22(18-23)24-16-7-8-17-25(24)29-30-27(20-10-3-1-4-11-20)28(34-29)21-12-5-2-6-13-21;15-13(11-7-3-1-4-8-11)14(16)12-9-5-2-6-10-12/h7-9,14-18,20-21H,1-6,10-13,19H2,(H,31,32);11-13,15H,1-10H2. The van der Waals surface area contributed by atoms with Gasteiger partial charge in [0, 0.05) is 23.3 Å². The summed E-state index contributed by atoms with van der Waals surface area (Å²) in [6.07, 6.45) is 23.3. The van der Waals surface area contributed by atoms with Gasteiger partial charge in [-0.05, 0) is 86.6 Å². The van der Waals surface area contributed by atoms with Gasteiger partial charge in [-0.1, -0.05) is 107 Å². The number of aliphatic hydroxyl groups excluding tert-OH is 1. The number of aliphatic carboxylic acids is 1. The van der Waals surface area contributed by atoms with E-state index in [1.165, 1.54) is 108 Å². The summed E-state index contributed by atoms with van der Waals surface area (Å²) in [5, 5.41) is 19.1. The summed E-state index contributed by atoms with van der Waals surface area (Å²) < 4.78 is 12.1. The van der Waals surface area contributed by atoms with E-state index in [2.05, 4.69) is 12.1 Å². The number of carboxylic acids is 1. The summed E-state index contributed by atoms with van der Waals surface area (Å²) in [6, 6.07) is 15.7. The van der Waals surface area contributed by atoms with Gasteiger partial charge < -0.3 is 19.4 Å². The van der Waals surface area contributed by atoms with Crippen LogP contribution in [0.3, 0.4) is 0 Å². The first kappa shape index (κ1) is 36.3. The van der Waals surface area contributed by atoms with Crippen molar-refractivity contribution in [2.45, 2.75) is 146 Å². The van der Waals surface area contributed by atoms with Crippen LogP contribution < -0.4 is 4.74 Å². The number of carbonyl (C=O) groups is 2. The Bertz CT molecular complexity index is 1490. The van der Waals surface area contributed by atoms with Gasteiger partial charge in [0.25, 0.3) is 0 Å². The van der Waals surface area contributed by atoms with Crippen LogP contribution in [0.4, 0.5) is 0 Å². The maximum Gasteiger partial charge on any atom is 0.341 e. The number of rotatable bonds is 10. The van der Waals surface area contributed by atoms with E-state index in [-0.39, 0.29) is 24.2 Å². The zero-order valence-corrected chi connectivity index (χ0v) is 29.8. The summed E-state index contributed by atoms with van der Waals surface area (Å²) in [5.41, 5.74) is 4.14. The van der Waals surface area contributed by atoms with Gasteiger partial charge in [-0.25, -0.2) is 9.78 Å². The fourth-order valence-corrected chi connectivity index (χ4v) is 8.92. The van der Waals surface area contributed by atoms with Gasteiger partial charge in [0.05, 0.1) is 5.69 Å². The molecule has 1 aromatic heterocycles. The summed E-state index contributed by atoms with van der Waals surface area (Å²) in [5.74, 6) is 2.96. The zero-order chi connectivity index (χ0) is 34.7. The molecule has 2 aromatic carbocycles. The normalized spacial score (nSPS) is 20.4. The number of benzene rings is 2. The van der Waals surface area contributed by atoms with Crippen molar-refractivity contribution in [1.82, 2.24) is 4.98 Å². The molecule has 0 amide bonds. The first-order valence-electron chi connectivity index (χ1n) is 19.7. The number of ketones is 1. The van der Waals surface area contributed by atoms with E-state index in [0.29, 0.717) is 23.5 Å². The molecule has 0 bridgehead atoms. The highest BCUT2D eigenvalue weighted by Crippen LogP contribution is 2.44. The van der Waals surface area contributed by atoms with E-state index in [0.717, 1.165) is 48.1 Å². The fourth-order valence-electron chi connectivity index (χ4n) is 8.92. The number of nitrogens with zero attached hydrogens (tertiary/aromatic N) is 1. The Kier molecular flexibility index (Phi) is 13.2. The number of hydrogen-bond acceptors (Lipinski definition) is 6. The molecule has 1 atom stereocenters. The molecular weight excluding hydrogens is 626 g/mol. The predicted octanol–water partition coefficient (Wildman–Crippen LogP) is 10.6. The first-order chi connectivity index (χ1) is 24.5. The molecule has 50 heavy (non-hydrogen) atoms. The maximum absolute atomic E-state index is 12.1. The van der Waals surface area contributed by atoms with Crippen LogP contribution in [-0.2, 0) is 9.59 Å². The molecule has 1 unspecified atom stereocenters. The van der Waals surface area contributed by atoms with Crippen molar-refractivity contribution in [2.24, 2.45) is 11.8 Å². The van der Waals surface area contributed by atoms with Crippen molar-refractivity contribution < 1.29 is 29.0 Å². The Balaban J connectivity index is 0.000000226. The monoisotopic (exact) mass is 683 g/mol. The Labute approximate surface area is 298 Å². The van der Waals surface area contributed by atoms with Crippen LogP contribution in [0.1, 0.15) is 152 Å². The topological polar surface area (TPSA) is 110 Å². The van der Waals surface area contributed by atoms with Crippen molar-refractivity contribution in [2.75, 3.05) is 6.61 Å². The van der Waals surface area contributed by atoms with Crippen LogP contribution in [-0.4, -0.2) is 39.7 Å². The highest BCUT2D eigenvalue weighted by Gasteiger charge is 2.33. The Hall–Kier alpha value is -3.45. The van der Waals surface area contributed by atoms with E-state index in [1.54, 1.807) is 6.07 Å². The minimum Gasteiger partial charge on any atom is -0.482 e. The average Bonchev–Trinajstić information content (AvgIpc) is 3.64. The maximum atomic E-state index is 12.1. The lowest BCUT2D eigenvalue weighted by Gasteiger charge is -2.29. The second-order valence-corrected chi connectivity index (χ2v) is 15.3. The highest BCUT2D eigenvalue weighted by molar-refractivity contribution is 5.85. The van der Waals surface area contributed by atoms with Crippen molar-refractivity contribution in [1.29, 1.82) is 0 Å². The number of carbonyl (C=O) groups excluding carboxylic acids is 1. The third kappa shape index (κ3) is 9.45. The minimum absolute atomic E-state index is 0.159. The molecule has 4 aliphatic rings. The molecule has 4 saturated carbocycles. The summed E-state index contributed by atoms with van der Waals surface area (Å²) in [6.45, 7) is -0.361. The number of carboxylic acid groups (broad SMARTS) is 1. The van der Waals surface area contributed by atoms with Crippen molar-refractivity contribution >= 4 is 11.8 Å². The van der Waals surface area contributed by atoms with Crippen LogP contribution in [0.5, 0.6) is 5.75 Å². The molecule has 4 aliphatic carbocycles. The third-order valence-electron chi connectivity index (χ3n) is 11.7. The number of Topliss-reactive ketones (excluding diaryl/α,β-unsaturated/α-hetero) is 1. The number of oxazole rings is 1. The Morgan fingerprint density at radius 2 is 1.30 bits per heavy atom. The highest BCUT2D eigenvalue weighted by atomic mass is 16.5. The molecule has 7 rings (SSSR count). The average molecular weight is 684 g/mol. The lowest BCUT2D eigenvalue weighted by atomic mass is 9.78. The molecule has 1 heterocycles. The number of aromatic nitrogens is 1. The van der Waals surface area contributed by atoms with Gasteiger partial charge in [-0.15, -0.1) is 0 Å². The Morgan fingerprint density at radius 1 is 0.720 bits per heavy atom. The third-order valence-corrected chi connectivity index (χ3v) is 11.7. The summed E-state index contributed by atoms with van der Waals surface area (Å²) in [4.78, 5) is 28.2. The van der Waals surface area contributed by atoms with Crippen molar-refractivity contribution in [3.8, 4) is 28.3 Å². The van der Waals surface area contributed by atoms with E-state index in [9.17, 15) is 14.7 Å². The van der Waals surface area contributed by atoms with Gasteiger partial charge in [0.1, 0.15) is 17.6 Å². The molecule has 0 aliphatic heterocycles. The lowest BCUT2D eigenvalue weighted by Crippen LogP contribution is -2.36. The molecule has 270 valence electrons. The SMILES string of the molecule is O=C(C1CCCCC1)C(O)C1CCCCC1.O=C(O)COc1cccc(-c2ccccc2-c2nc(C3CCCCC3)c(C3CCCCC3)o2)c1. The first-order valence-corrected chi connectivity index (χ1v) is 19.7. The van der Waals surface area contributed by atoms with Crippen LogP contribution in [0.15, 0.2) is 52.9 Å². The van der Waals surface area contributed by atoms with E-state index >= 15 is 0 Å². The molecule has 2 N–H and O–H groups in total. The molecule has 0 radical (unpaired) electrons. The molecule has 0 saturated heterocycles. The van der Waals surface area contributed by atoms with Crippen LogP contribution >= 0.6 is 0 Å². The van der Waals surface area contributed by atoms with Gasteiger partial charge in [-0.3, -0.25) is 4.79 Å². The fraction of sp³-hybridized carbons (Fsp3) is 0.605. The molecule has 4 fully saturated rings. The van der Waals surface area contributed by atoms with E-state index in [1.807, 2.05) is 30.3 Å². The quantitative estimate of drug-likeness (QED) is 0.219. The molecule has 7 nitrogen and oxygen atoms in total. The predicted molar refractivity (Wildman–Crippen MR) is 196 cm³/mol. The molecule has 3 aromatic rings.